The largest absolute Gasteiger partial charge is 0.398 e. The van der Waals surface area contributed by atoms with Crippen LogP contribution in [0.25, 0.3) is 0 Å². The van der Waals surface area contributed by atoms with Crippen molar-refractivity contribution < 1.29 is 9.59 Å². The molecule has 2 N–H and O–H groups in total. The highest BCUT2D eigenvalue weighted by Crippen LogP contribution is 2.24. The van der Waals surface area contributed by atoms with Crippen LogP contribution in [0.5, 0.6) is 0 Å². The Labute approximate surface area is 86.9 Å². The number of rotatable bonds is 2. The third-order valence-corrected chi connectivity index (χ3v) is 2.08. The summed E-state index contributed by atoms with van der Waals surface area (Å²) in [6, 6.07) is 2.92. The van der Waals surface area contributed by atoms with E-state index >= 15 is 0 Å². The molecule has 4 heteroatoms. The minimum atomic E-state index is -0.232. The van der Waals surface area contributed by atoms with Crippen LogP contribution in [0.15, 0.2) is 12.1 Å². The smallest absolute Gasteiger partial charge is 0.162 e. The van der Waals surface area contributed by atoms with Crippen molar-refractivity contribution in [1.82, 2.24) is 0 Å². The molecule has 1 aromatic rings. The molecule has 0 unspecified atom stereocenters. The van der Waals surface area contributed by atoms with E-state index < -0.39 is 0 Å². The summed E-state index contributed by atoms with van der Waals surface area (Å²) in [6.45, 7) is 2.74. The number of Topliss-reactive ketones (excluding diaryl/α,β-unsaturated/α-hetero) is 2. The molecule has 0 saturated heterocycles. The first kappa shape index (κ1) is 10.7. The second kappa shape index (κ2) is 3.80. The molecule has 0 spiro atoms. The predicted molar refractivity (Wildman–Crippen MR) is 55.9 cm³/mol. The minimum absolute atomic E-state index is 0.218. The first-order valence-corrected chi connectivity index (χ1v) is 4.42. The Morgan fingerprint density at radius 3 is 2.21 bits per heavy atom. The first-order chi connectivity index (χ1) is 6.43. The van der Waals surface area contributed by atoms with Crippen molar-refractivity contribution in [3.05, 3.63) is 28.3 Å². The lowest BCUT2D eigenvalue weighted by Gasteiger charge is -2.07. The molecule has 0 aliphatic carbocycles. The normalized spacial score (nSPS) is 9.93. The van der Waals surface area contributed by atoms with E-state index in [0.29, 0.717) is 5.02 Å². The number of hydrogen-bond donors (Lipinski definition) is 1. The number of anilines is 1. The van der Waals surface area contributed by atoms with Crippen molar-refractivity contribution in [3.63, 3.8) is 0 Å². The van der Waals surface area contributed by atoms with Gasteiger partial charge in [-0.1, -0.05) is 11.6 Å². The van der Waals surface area contributed by atoms with Crippen LogP contribution in [0.1, 0.15) is 34.6 Å². The average Bonchev–Trinajstić information content (AvgIpc) is 2.01. The van der Waals surface area contributed by atoms with Gasteiger partial charge in [0.05, 0.1) is 5.56 Å². The van der Waals surface area contributed by atoms with Crippen molar-refractivity contribution in [2.24, 2.45) is 0 Å². The number of hydrogen-bond acceptors (Lipinski definition) is 3. The Bertz CT molecular complexity index is 413. The van der Waals surface area contributed by atoms with Crippen LogP contribution in [0.2, 0.25) is 5.02 Å². The summed E-state index contributed by atoms with van der Waals surface area (Å²) in [5, 5.41) is 0.359. The number of benzene rings is 1. The molecule has 0 radical (unpaired) electrons. The maximum atomic E-state index is 11.2. The van der Waals surface area contributed by atoms with E-state index in [2.05, 4.69) is 0 Å². The zero-order valence-corrected chi connectivity index (χ0v) is 8.68. The second-order valence-electron chi connectivity index (χ2n) is 3.03. The topological polar surface area (TPSA) is 60.2 Å². The van der Waals surface area contributed by atoms with E-state index in [9.17, 15) is 9.59 Å². The highest BCUT2D eigenvalue weighted by molar-refractivity contribution is 6.31. The summed E-state index contributed by atoms with van der Waals surface area (Å²) in [5.74, 6) is -0.450. The van der Waals surface area contributed by atoms with Gasteiger partial charge in [-0.3, -0.25) is 9.59 Å². The molecular formula is C10H10ClNO2. The number of nitrogens with two attached hydrogens (primary N) is 1. The lowest BCUT2D eigenvalue weighted by molar-refractivity contribution is 0.0981. The quantitative estimate of drug-likeness (QED) is 0.603. The van der Waals surface area contributed by atoms with Crippen LogP contribution < -0.4 is 5.73 Å². The monoisotopic (exact) mass is 211 g/mol. The number of carbonyl (C=O) groups excluding carboxylic acids is 2. The van der Waals surface area contributed by atoms with E-state index in [4.69, 9.17) is 17.3 Å². The zero-order chi connectivity index (χ0) is 10.9. The Balaban J connectivity index is 3.52. The van der Waals surface area contributed by atoms with Crippen LogP contribution in [0, 0.1) is 0 Å². The van der Waals surface area contributed by atoms with Gasteiger partial charge in [-0.15, -0.1) is 0 Å². The number of nitrogen functional groups attached to an aromatic ring is 1. The number of ketones is 2. The Hall–Kier alpha value is -1.35. The summed E-state index contributed by atoms with van der Waals surface area (Å²) in [5.41, 5.74) is 6.38. The van der Waals surface area contributed by atoms with Gasteiger partial charge in [0.2, 0.25) is 0 Å². The maximum absolute atomic E-state index is 11.2. The van der Waals surface area contributed by atoms with Gasteiger partial charge in [0.15, 0.2) is 11.6 Å². The van der Waals surface area contributed by atoms with Gasteiger partial charge in [-0.2, -0.15) is 0 Å². The fourth-order valence-corrected chi connectivity index (χ4v) is 1.53. The van der Waals surface area contributed by atoms with E-state index in [1.54, 1.807) is 0 Å². The van der Waals surface area contributed by atoms with Gasteiger partial charge >= 0.3 is 0 Å². The standard InChI is InChI=1S/C10H10ClNO2/c1-5(13)8-3-7(11)4-9(12)10(8)6(2)14/h3-4H,12H2,1-2H3. The second-order valence-corrected chi connectivity index (χ2v) is 3.47. The van der Waals surface area contributed by atoms with Crippen molar-refractivity contribution in [2.75, 3.05) is 5.73 Å². The van der Waals surface area contributed by atoms with Gasteiger partial charge in [0.1, 0.15) is 0 Å². The van der Waals surface area contributed by atoms with E-state index in [-0.39, 0.29) is 28.4 Å². The third kappa shape index (κ3) is 1.93. The molecule has 0 heterocycles. The zero-order valence-electron chi connectivity index (χ0n) is 7.93. The van der Waals surface area contributed by atoms with Gasteiger partial charge in [-0.25, -0.2) is 0 Å². The minimum Gasteiger partial charge on any atom is -0.398 e. The summed E-state index contributed by atoms with van der Waals surface area (Å²) >= 11 is 5.73. The molecule has 3 nitrogen and oxygen atoms in total. The molecule has 0 aliphatic rings. The summed E-state index contributed by atoms with van der Waals surface area (Å²) in [7, 11) is 0. The maximum Gasteiger partial charge on any atom is 0.162 e. The molecule has 1 rings (SSSR count). The molecule has 0 atom stereocenters. The Morgan fingerprint density at radius 2 is 1.79 bits per heavy atom. The van der Waals surface area contributed by atoms with Crippen molar-refractivity contribution >= 4 is 28.9 Å². The molecular weight excluding hydrogens is 202 g/mol. The Kier molecular flexibility index (Phi) is 2.91. The SMILES string of the molecule is CC(=O)c1cc(Cl)cc(N)c1C(C)=O. The summed E-state index contributed by atoms with van der Waals surface area (Å²) < 4.78 is 0. The average molecular weight is 212 g/mol. The molecule has 14 heavy (non-hydrogen) atoms. The lowest BCUT2D eigenvalue weighted by atomic mass is 9.99. The molecule has 0 amide bonds. The lowest BCUT2D eigenvalue weighted by Crippen LogP contribution is -2.08. The fraction of sp³-hybridized carbons (Fsp3) is 0.200. The van der Waals surface area contributed by atoms with Crippen LogP contribution in [0.4, 0.5) is 5.69 Å². The highest BCUT2D eigenvalue weighted by atomic mass is 35.5. The summed E-state index contributed by atoms with van der Waals surface area (Å²) in [4.78, 5) is 22.4. The van der Waals surface area contributed by atoms with Gasteiger partial charge in [0, 0.05) is 16.3 Å². The molecule has 0 bridgehead atoms. The van der Waals surface area contributed by atoms with Crippen molar-refractivity contribution in [1.29, 1.82) is 0 Å². The predicted octanol–water partition coefficient (Wildman–Crippen LogP) is 2.33. The molecule has 0 aromatic heterocycles. The van der Waals surface area contributed by atoms with E-state index in [1.807, 2.05) is 0 Å². The fourth-order valence-electron chi connectivity index (χ4n) is 1.30. The van der Waals surface area contributed by atoms with Crippen LogP contribution in [-0.4, -0.2) is 11.6 Å². The molecule has 1 aromatic carbocycles. The summed E-state index contributed by atoms with van der Waals surface area (Å²) in [6.07, 6.45) is 0. The van der Waals surface area contributed by atoms with Crippen LogP contribution in [0.3, 0.4) is 0 Å². The third-order valence-electron chi connectivity index (χ3n) is 1.86. The highest BCUT2D eigenvalue weighted by Gasteiger charge is 2.15. The van der Waals surface area contributed by atoms with Crippen molar-refractivity contribution in [3.8, 4) is 0 Å². The number of halogens is 1. The van der Waals surface area contributed by atoms with E-state index in [0.717, 1.165) is 0 Å². The van der Waals surface area contributed by atoms with Gasteiger partial charge < -0.3 is 5.73 Å². The Morgan fingerprint density at radius 1 is 1.21 bits per heavy atom. The molecule has 0 saturated carbocycles. The molecule has 74 valence electrons. The number of carbonyl (C=O) groups is 2. The van der Waals surface area contributed by atoms with Crippen LogP contribution >= 0.6 is 11.6 Å². The van der Waals surface area contributed by atoms with Crippen LogP contribution in [-0.2, 0) is 0 Å². The van der Waals surface area contributed by atoms with E-state index in [1.165, 1.54) is 26.0 Å². The molecule has 0 fully saturated rings. The molecule has 0 aliphatic heterocycles. The van der Waals surface area contributed by atoms with Gasteiger partial charge in [0.25, 0.3) is 0 Å². The van der Waals surface area contributed by atoms with Crippen molar-refractivity contribution in [2.45, 2.75) is 13.8 Å². The first-order valence-electron chi connectivity index (χ1n) is 4.04. The van der Waals surface area contributed by atoms with Gasteiger partial charge in [-0.05, 0) is 26.0 Å².